The lowest BCUT2D eigenvalue weighted by molar-refractivity contribution is 0.449. The Hall–Kier alpha value is -0.100. The maximum absolute atomic E-state index is 12.2. The Morgan fingerprint density at radius 1 is 1.42 bits per heavy atom. The van der Waals surface area contributed by atoms with Crippen LogP contribution in [-0.2, 0) is 10.0 Å². The molecule has 19 heavy (non-hydrogen) atoms. The quantitative estimate of drug-likeness (QED) is 0.828. The van der Waals surface area contributed by atoms with Crippen LogP contribution in [-0.4, -0.2) is 15.0 Å². The Labute approximate surface area is 127 Å². The number of sulfonamides is 1. The molecule has 1 aromatic carbocycles. The number of rotatable bonds is 6. The van der Waals surface area contributed by atoms with Gasteiger partial charge < -0.3 is 0 Å². The van der Waals surface area contributed by atoms with Gasteiger partial charge in [0.2, 0.25) is 10.0 Å². The van der Waals surface area contributed by atoms with E-state index >= 15 is 0 Å². The highest BCUT2D eigenvalue weighted by molar-refractivity contribution is 9.10. The molecule has 0 atom stereocenters. The van der Waals surface area contributed by atoms with Crippen molar-refractivity contribution in [2.75, 3.05) is 6.54 Å². The van der Waals surface area contributed by atoms with Crippen LogP contribution < -0.4 is 4.72 Å². The highest BCUT2D eigenvalue weighted by atomic mass is 79.9. The van der Waals surface area contributed by atoms with Gasteiger partial charge in [-0.1, -0.05) is 40.9 Å². The van der Waals surface area contributed by atoms with Crippen molar-refractivity contribution in [1.82, 2.24) is 4.72 Å². The van der Waals surface area contributed by atoms with E-state index in [9.17, 15) is 8.42 Å². The molecule has 0 spiro atoms. The predicted octanol–water partition coefficient (Wildman–Crippen LogP) is 3.96. The standard InChI is InChI=1S/C13H17BrClNO2S/c1-2-5-13(6-7-13)9-16-19(17,18)12-4-3-10(14)8-11(12)15/h3-4,8,16H,2,5-7,9H2,1H3. The topological polar surface area (TPSA) is 46.2 Å². The van der Waals surface area contributed by atoms with Crippen LogP contribution in [0.4, 0.5) is 0 Å². The SMILES string of the molecule is CCCC1(CNS(=O)(=O)c2ccc(Br)cc2Cl)CC1. The molecule has 1 fully saturated rings. The van der Waals surface area contributed by atoms with Gasteiger partial charge in [0.1, 0.15) is 4.90 Å². The lowest BCUT2D eigenvalue weighted by Gasteiger charge is -2.15. The van der Waals surface area contributed by atoms with Crippen LogP contribution in [0.5, 0.6) is 0 Å². The Bertz CT molecular complexity index is 570. The average Bonchev–Trinajstić information content (AvgIpc) is 3.07. The third-order valence-electron chi connectivity index (χ3n) is 3.56. The summed E-state index contributed by atoms with van der Waals surface area (Å²) in [5.41, 5.74) is 0.184. The lowest BCUT2D eigenvalue weighted by Crippen LogP contribution is -2.30. The van der Waals surface area contributed by atoms with Crippen molar-refractivity contribution in [3.63, 3.8) is 0 Å². The number of benzene rings is 1. The minimum Gasteiger partial charge on any atom is -0.211 e. The Balaban J connectivity index is 2.10. The van der Waals surface area contributed by atoms with Crippen molar-refractivity contribution in [2.45, 2.75) is 37.5 Å². The van der Waals surface area contributed by atoms with Gasteiger partial charge in [-0.3, -0.25) is 0 Å². The molecule has 1 saturated carbocycles. The summed E-state index contributed by atoms with van der Waals surface area (Å²) in [6.45, 7) is 2.63. The third kappa shape index (κ3) is 3.72. The Kier molecular flexibility index (Phi) is 4.60. The first kappa shape index (κ1) is 15.3. The van der Waals surface area contributed by atoms with Gasteiger partial charge in [-0.2, -0.15) is 0 Å². The van der Waals surface area contributed by atoms with Gasteiger partial charge in [0.25, 0.3) is 0 Å². The molecule has 106 valence electrons. The molecule has 1 aliphatic carbocycles. The summed E-state index contributed by atoms with van der Waals surface area (Å²) in [5.74, 6) is 0. The minimum atomic E-state index is -3.52. The molecule has 0 saturated heterocycles. The van der Waals surface area contributed by atoms with Crippen LogP contribution in [0, 0.1) is 5.41 Å². The third-order valence-corrected chi connectivity index (χ3v) is 5.94. The largest absolute Gasteiger partial charge is 0.242 e. The van der Waals surface area contributed by atoms with Crippen LogP contribution in [0.2, 0.25) is 5.02 Å². The number of hydrogen-bond donors (Lipinski definition) is 1. The molecule has 0 unspecified atom stereocenters. The van der Waals surface area contributed by atoms with E-state index in [0.717, 1.165) is 30.2 Å². The maximum atomic E-state index is 12.2. The minimum absolute atomic E-state index is 0.143. The van der Waals surface area contributed by atoms with Gasteiger partial charge in [0, 0.05) is 11.0 Å². The molecular weight excluding hydrogens is 350 g/mol. The second-order valence-electron chi connectivity index (χ2n) is 5.15. The molecular formula is C13H17BrClNO2S. The molecule has 0 heterocycles. The van der Waals surface area contributed by atoms with E-state index in [4.69, 9.17) is 11.6 Å². The number of nitrogens with one attached hydrogen (secondary N) is 1. The maximum Gasteiger partial charge on any atom is 0.242 e. The fraction of sp³-hybridized carbons (Fsp3) is 0.538. The zero-order valence-electron chi connectivity index (χ0n) is 10.7. The van der Waals surface area contributed by atoms with E-state index in [-0.39, 0.29) is 15.3 Å². The van der Waals surface area contributed by atoms with Gasteiger partial charge in [-0.25, -0.2) is 13.1 Å². The summed E-state index contributed by atoms with van der Waals surface area (Å²) in [6, 6.07) is 4.79. The number of halogens is 2. The highest BCUT2D eigenvalue weighted by Gasteiger charge is 2.42. The van der Waals surface area contributed by atoms with Gasteiger partial charge >= 0.3 is 0 Å². The Morgan fingerprint density at radius 3 is 2.63 bits per heavy atom. The first-order chi connectivity index (χ1) is 8.88. The average molecular weight is 367 g/mol. The van der Waals surface area contributed by atoms with E-state index in [2.05, 4.69) is 27.6 Å². The first-order valence-corrected chi connectivity index (χ1v) is 8.99. The van der Waals surface area contributed by atoms with Gasteiger partial charge in [0.15, 0.2) is 0 Å². The summed E-state index contributed by atoms with van der Waals surface area (Å²) in [4.78, 5) is 0.143. The van der Waals surface area contributed by atoms with E-state index in [1.54, 1.807) is 12.1 Å². The van der Waals surface area contributed by atoms with E-state index in [1.807, 2.05) is 0 Å². The summed E-state index contributed by atoms with van der Waals surface area (Å²) in [6.07, 6.45) is 4.37. The Morgan fingerprint density at radius 2 is 2.11 bits per heavy atom. The molecule has 0 aromatic heterocycles. The molecule has 1 aromatic rings. The predicted molar refractivity (Wildman–Crippen MR) is 80.9 cm³/mol. The zero-order chi connectivity index (χ0) is 14.1. The molecule has 0 bridgehead atoms. The fourth-order valence-electron chi connectivity index (χ4n) is 2.24. The smallest absolute Gasteiger partial charge is 0.211 e. The van der Waals surface area contributed by atoms with Gasteiger partial charge in [0.05, 0.1) is 5.02 Å². The van der Waals surface area contributed by atoms with Crippen LogP contribution >= 0.6 is 27.5 Å². The molecule has 6 heteroatoms. The molecule has 1 aliphatic rings. The second kappa shape index (κ2) is 5.72. The summed E-state index contributed by atoms with van der Waals surface area (Å²) in [5, 5.41) is 0.238. The summed E-state index contributed by atoms with van der Waals surface area (Å²) < 4.78 is 27.9. The lowest BCUT2D eigenvalue weighted by atomic mass is 10.0. The van der Waals surface area contributed by atoms with E-state index in [0.29, 0.717) is 6.54 Å². The molecule has 0 radical (unpaired) electrons. The monoisotopic (exact) mass is 365 g/mol. The van der Waals surface area contributed by atoms with Crippen molar-refractivity contribution in [3.8, 4) is 0 Å². The number of hydrogen-bond acceptors (Lipinski definition) is 2. The summed E-state index contributed by atoms with van der Waals surface area (Å²) in [7, 11) is -3.52. The molecule has 2 rings (SSSR count). The highest BCUT2D eigenvalue weighted by Crippen LogP contribution is 2.49. The van der Waals surface area contributed by atoms with Crippen LogP contribution in [0.15, 0.2) is 27.6 Å². The van der Waals surface area contributed by atoms with Crippen LogP contribution in [0.25, 0.3) is 0 Å². The molecule has 0 aliphatic heterocycles. The van der Waals surface area contributed by atoms with Crippen LogP contribution in [0.1, 0.15) is 32.6 Å². The van der Waals surface area contributed by atoms with Gasteiger partial charge in [-0.15, -0.1) is 0 Å². The van der Waals surface area contributed by atoms with Crippen molar-refractivity contribution in [3.05, 3.63) is 27.7 Å². The van der Waals surface area contributed by atoms with Crippen molar-refractivity contribution in [2.24, 2.45) is 5.41 Å². The normalized spacial score (nSPS) is 17.4. The van der Waals surface area contributed by atoms with E-state index in [1.165, 1.54) is 6.07 Å². The van der Waals surface area contributed by atoms with Crippen LogP contribution in [0.3, 0.4) is 0 Å². The van der Waals surface area contributed by atoms with E-state index < -0.39 is 10.0 Å². The second-order valence-corrected chi connectivity index (χ2v) is 8.21. The molecule has 0 amide bonds. The summed E-state index contributed by atoms with van der Waals surface area (Å²) >= 11 is 9.26. The van der Waals surface area contributed by atoms with Gasteiger partial charge in [-0.05, 0) is 42.9 Å². The fourth-order valence-corrected chi connectivity index (χ4v) is 4.43. The van der Waals surface area contributed by atoms with Crippen molar-refractivity contribution >= 4 is 37.6 Å². The molecule has 1 N–H and O–H groups in total. The zero-order valence-corrected chi connectivity index (χ0v) is 13.9. The first-order valence-electron chi connectivity index (χ1n) is 6.33. The van der Waals surface area contributed by atoms with Crippen molar-refractivity contribution in [1.29, 1.82) is 0 Å². The molecule has 3 nitrogen and oxygen atoms in total. The van der Waals surface area contributed by atoms with Crippen molar-refractivity contribution < 1.29 is 8.42 Å².